The summed E-state index contributed by atoms with van der Waals surface area (Å²) in [4.78, 5) is 14.0. The number of para-hydroxylation sites is 1. The average molecular weight is 378 g/mol. The standard InChI is InChI=1S/C23H26N2O3/c1-17-9-7-10-18(2)23(17)27-16-22(26)25(3)14-8-13-20-15-21(24-28-20)19-11-5-4-6-12-19/h4-7,9-12,15H,8,13-14,16H2,1-3H3. The molecule has 1 aromatic heterocycles. The molecule has 0 unspecified atom stereocenters. The van der Waals surface area contributed by atoms with E-state index >= 15 is 0 Å². The smallest absolute Gasteiger partial charge is 0.260 e. The molecule has 0 spiro atoms. The first kappa shape index (κ1) is 19.7. The molecule has 0 fully saturated rings. The summed E-state index contributed by atoms with van der Waals surface area (Å²) in [5.74, 6) is 1.58. The van der Waals surface area contributed by atoms with Gasteiger partial charge in [0.15, 0.2) is 6.61 Å². The maximum Gasteiger partial charge on any atom is 0.260 e. The lowest BCUT2D eigenvalue weighted by atomic mass is 10.1. The van der Waals surface area contributed by atoms with Crippen LogP contribution >= 0.6 is 0 Å². The van der Waals surface area contributed by atoms with Crippen molar-refractivity contribution in [2.45, 2.75) is 26.7 Å². The number of rotatable bonds is 8. The molecule has 2 aromatic carbocycles. The number of hydrogen-bond donors (Lipinski definition) is 0. The Morgan fingerprint density at radius 2 is 1.79 bits per heavy atom. The Morgan fingerprint density at radius 3 is 2.50 bits per heavy atom. The molecule has 0 aliphatic heterocycles. The van der Waals surface area contributed by atoms with Crippen LogP contribution in [-0.2, 0) is 11.2 Å². The molecule has 0 bridgehead atoms. The Bertz CT molecular complexity index is 898. The highest BCUT2D eigenvalue weighted by Gasteiger charge is 2.12. The highest BCUT2D eigenvalue weighted by molar-refractivity contribution is 5.77. The highest BCUT2D eigenvalue weighted by Crippen LogP contribution is 2.22. The summed E-state index contributed by atoms with van der Waals surface area (Å²) in [5, 5.41) is 4.12. The fourth-order valence-electron chi connectivity index (χ4n) is 3.06. The monoisotopic (exact) mass is 378 g/mol. The molecule has 1 heterocycles. The van der Waals surface area contributed by atoms with E-state index in [4.69, 9.17) is 9.26 Å². The van der Waals surface area contributed by atoms with Crippen LogP contribution in [0.15, 0.2) is 59.1 Å². The molecule has 1 amide bonds. The van der Waals surface area contributed by atoms with E-state index in [-0.39, 0.29) is 12.5 Å². The second-order valence-corrected chi connectivity index (χ2v) is 6.97. The Labute approximate surface area is 165 Å². The Morgan fingerprint density at radius 1 is 1.07 bits per heavy atom. The summed E-state index contributed by atoms with van der Waals surface area (Å²) in [5.41, 5.74) is 3.94. The normalized spacial score (nSPS) is 10.7. The third-order valence-electron chi connectivity index (χ3n) is 4.72. The first-order valence-corrected chi connectivity index (χ1v) is 9.48. The van der Waals surface area contributed by atoms with Gasteiger partial charge in [-0.1, -0.05) is 53.7 Å². The van der Waals surface area contributed by atoms with Crippen LogP contribution in [0.4, 0.5) is 0 Å². The maximum absolute atomic E-state index is 12.3. The fourth-order valence-corrected chi connectivity index (χ4v) is 3.06. The molecule has 3 rings (SSSR count). The van der Waals surface area contributed by atoms with Gasteiger partial charge in [-0.25, -0.2) is 0 Å². The van der Waals surface area contributed by atoms with E-state index < -0.39 is 0 Å². The number of nitrogens with zero attached hydrogens (tertiary/aromatic N) is 2. The summed E-state index contributed by atoms with van der Waals surface area (Å²) >= 11 is 0. The van der Waals surface area contributed by atoms with E-state index in [2.05, 4.69) is 5.16 Å². The Hall–Kier alpha value is -3.08. The van der Waals surface area contributed by atoms with Gasteiger partial charge in [0.2, 0.25) is 0 Å². The summed E-state index contributed by atoms with van der Waals surface area (Å²) in [6, 6.07) is 17.8. The van der Waals surface area contributed by atoms with Crippen molar-refractivity contribution in [3.8, 4) is 17.0 Å². The minimum atomic E-state index is -0.0369. The fraction of sp³-hybridized carbons (Fsp3) is 0.304. The highest BCUT2D eigenvalue weighted by atomic mass is 16.5. The Kier molecular flexibility index (Phi) is 6.48. The number of amides is 1. The zero-order valence-electron chi connectivity index (χ0n) is 16.6. The predicted molar refractivity (Wildman–Crippen MR) is 109 cm³/mol. The number of aromatic nitrogens is 1. The summed E-state index contributed by atoms with van der Waals surface area (Å²) in [6.45, 7) is 4.65. The molecule has 0 aliphatic carbocycles. The lowest BCUT2D eigenvalue weighted by molar-refractivity contribution is -0.132. The molecule has 5 heteroatoms. The van der Waals surface area contributed by atoms with Crippen LogP contribution in [0.2, 0.25) is 0 Å². The van der Waals surface area contributed by atoms with Gasteiger partial charge in [0.25, 0.3) is 5.91 Å². The van der Waals surface area contributed by atoms with Crippen molar-refractivity contribution in [1.82, 2.24) is 10.1 Å². The molecule has 3 aromatic rings. The number of benzene rings is 2. The minimum Gasteiger partial charge on any atom is -0.483 e. The van der Waals surface area contributed by atoms with E-state index in [1.807, 2.05) is 68.4 Å². The van der Waals surface area contributed by atoms with Gasteiger partial charge < -0.3 is 14.2 Å². The second-order valence-electron chi connectivity index (χ2n) is 6.97. The number of ether oxygens (including phenoxy) is 1. The Balaban J connectivity index is 1.45. The van der Waals surface area contributed by atoms with Gasteiger partial charge in [0.1, 0.15) is 17.2 Å². The van der Waals surface area contributed by atoms with Crippen LogP contribution in [-0.4, -0.2) is 36.2 Å². The van der Waals surface area contributed by atoms with Crippen LogP contribution in [0.25, 0.3) is 11.3 Å². The molecular formula is C23H26N2O3. The van der Waals surface area contributed by atoms with Crippen molar-refractivity contribution in [3.05, 3.63) is 71.5 Å². The van der Waals surface area contributed by atoms with Gasteiger partial charge in [-0.15, -0.1) is 0 Å². The molecule has 5 nitrogen and oxygen atoms in total. The van der Waals surface area contributed by atoms with E-state index in [0.717, 1.165) is 46.7 Å². The summed E-state index contributed by atoms with van der Waals surface area (Å²) in [7, 11) is 1.80. The van der Waals surface area contributed by atoms with E-state index in [1.54, 1.807) is 11.9 Å². The van der Waals surface area contributed by atoms with Gasteiger partial charge in [-0.05, 0) is 31.4 Å². The second kappa shape index (κ2) is 9.22. The van der Waals surface area contributed by atoms with Gasteiger partial charge in [0.05, 0.1) is 0 Å². The number of likely N-dealkylation sites (N-methyl/N-ethyl adjacent to an activating group) is 1. The maximum atomic E-state index is 12.3. The zero-order valence-corrected chi connectivity index (χ0v) is 16.6. The molecular weight excluding hydrogens is 352 g/mol. The van der Waals surface area contributed by atoms with E-state index in [9.17, 15) is 4.79 Å². The molecule has 146 valence electrons. The average Bonchev–Trinajstić information content (AvgIpc) is 3.17. The third kappa shape index (κ3) is 5.00. The van der Waals surface area contributed by atoms with Crippen molar-refractivity contribution < 1.29 is 14.1 Å². The number of hydrogen-bond acceptors (Lipinski definition) is 4. The van der Waals surface area contributed by atoms with E-state index in [0.29, 0.717) is 6.54 Å². The SMILES string of the molecule is Cc1cccc(C)c1OCC(=O)N(C)CCCc1cc(-c2ccccc2)no1. The van der Waals surface area contributed by atoms with E-state index in [1.165, 1.54) is 0 Å². The van der Waals surface area contributed by atoms with Crippen molar-refractivity contribution in [2.24, 2.45) is 0 Å². The van der Waals surface area contributed by atoms with Gasteiger partial charge in [0, 0.05) is 31.6 Å². The van der Waals surface area contributed by atoms with Crippen LogP contribution in [0.3, 0.4) is 0 Å². The summed E-state index contributed by atoms with van der Waals surface area (Å²) in [6.07, 6.45) is 1.53. The van der Waals surface area contributed by atoms with Crippen molar-refractivity contribution in [1.29, 1.82) is 0 Å². The van der Waals surface area contributed by atoms with Gasteiger partial charge in [-0.3, -0.25) is 4.79 Å². The van der Waals surface area contributed by atoms with Crippen LogP contribution < -0.4 is 4.74 Å². The first-order chi connectivity index (χ1) is 13.5. The lowest BCUT2D eigenvalue weighted by Gasteiger charge is -2.18. The predicted octanol–water partition coefficient (Wildman–Crippen LogP) is 4.43. The van der Waals surface area contributed by atoms with Crippen LogP contribution in [0.1, 0.15) is 23.3 Å². The number of aryl methyl sites for hydroxylation is 3. The lowest BCUT2D eigenvalue weighted by Crippen LogP contribution is -2.32. The van der Waals surface area contributed by atoms with Gasteiger partial charge in [-0.2, -0.15) is 0 Å². The molecule has 0 atom stereocenters. The zero-order chi connectivity index (χ0) is 19.9. The minimum absolute atomic E-state index is 0.0369. The van der Waals surface area contributed by atoms with Crippen molar-refractivity contribution in [3.63, 3.8) is 0 Å². The summed E-state index contributed by atoms with van der Waals surface area (Å²) < 4.78 is 11.2. The largest absolute Gasteiger partial charge is 0.483 e. The molecule has 0 saturated carbocycles. The van der Waals surface area contributed by atoms with Crippen molar-refractivity contribution >= 4 is 5.91 Å². The quantitative estimate of drug-likeness (QED) is 0.582. The molecule has 0 N–H and O–H groups in total. The van der Waals surface area contributed by atoms with Gasteiger partial charge >= 0.3 is 0 Å². The first-order valence-electron chi connectivity index (χ1n) is 9.48. The molecule has 0 aliphatic rings. The molecule has 0 radical (unpaired) electrons. The topological polar surface area (TPSA) is 55.6 Å². The molecule has 28 heavy (non-hydrogen) atoms. The van der Waals surface area contributed by atoms with Crippen molar-refractivity contribution in [2.75, 3.05) is 20.2 Å². The van der Waals surface area contributed by atoms with Crippen LogP contribution in [0.5, 0.6) is 5.75 Å². The number of carbonyl (C=O) groups excluding carboxylic acids is 1. The third-order valence-corrected chi connectivity index (χ3v) is 4.72. The number of carbonyl (C=O) groups is 1. The molecule has 0 saturated heterocycles. The van der Waals surface area contributed by atoms with Crippen LogP contribution in [0, 0.1) is 13.8 Å².